The second-order valence-electron chi connectivity index (χ2n) is 4.36. The molecular formula is C15H14BrIN2O. The summed E-state index contributed by atoms with van der Waals surface area (Å²) in [6, 6.07) is 13.7. The van der Waals surface area contributed by atoms with Crippen molar-refractivity contribution >= 4 is 55.8 Å². The highest BCUT2D eigenvalue weighted by Crippen LogP contribution is 2.23. The number of benzene rings is 2. The summed E-state index contributed by atoms with van der Waals surface area (Å²) < 4.78 is 1.98. The van der Waals surface area contributed by atoms with Crippen molar-refractivity contribution in [1.29, 1.82) is 0 Å². The first kappa shape index (κ1) is 15.3. The van der Waals surface area contributed by atoms with Crippen LogP contribution in [-0.4, -0.2) is 12.5 Å². The zero-order valence-electron chi connectivity index (χ0n) is 10.9. The summed E-state index contributed by atoms with van der Waals surface area (Å²) in [7, 11) is 0. The van der Waals surface area contributed by atoms with Crippen LogP contribution in [0, 0.1) is 10.5 Å². The fourth-order valence-corrected chi connectivity index (χ4v) is 2.85. The number of carbonyl (C=O) groups is 1. The minimum atomic E-state index is -0.0680. The Hall–Kier alpha value is -1.08. The Labute approximate surface area is 140 Å². The summed E-state index contributed by atoms with van der Waals surface area (Å²) >= 11 is 5.68. The van der Waals surface area contributed by atoms with E-state index in [-0.39, 0.29) is 12.5 Å². The van der Waals surface area contributed by atoms with E-state index in [2.05, 4.69) is 49.2 Å². The molecule has 1 amide bonds. The van der Waals surface area contributed by atoms with E-state index in [4.69, 9.17) is 0 Å². The number of aryl methyl sites for hydroxylation is 1. The maximum atomic E-state index is 11.9. The third-order valence-corrected chi connectivity index (χ3v) is 4.31. The minimum absolute atomic E-state index is 0.0680. The molecular weight excluding hydrogens is 431 g/mol. The van der Waals surface area contributed by atoms with E-state index < -0.39 is 0 Å². The van der Waals surface area contributed by atoms with Gasteiger partial charge in [-0.1, -0.05) is 18.2 Å². The van der Waals surface area contributed by atoms with E-state index in [0.29, 0.717) is 0 Å². The van der Waals surface area contributed by atoms with E-state index >= 15 is 0 Å². The smallest absolute Gasteiger partial charge is 0.243 e. The van der Waals surface area contributed by atoms with Crippen LogP contribution in [0.2, 0.25) is 0 Å². The highest BCUT2D eigenvalue weighted by atomic mass is 127. The molecule has 2 aromatic carbocycles. The van der Waals surface area contributed by atoms with Crippen LogP contribution < -0.4 is 10.6 Å². The van der Waals surface area contributed by atoms with Gasteiger partial charge in [0, 0.05) is 13.7 Å². The summed E-state index contributed by atoms with van der Waals surface area (Å²) in [6.45, 7) is 2.26. The van der Waals surface area contributed by atoms with Crippen molar-refractivity contribution in [2.75, 3.05) is 17.2 Å². The van der Waals surface area contributed by atoms with Crippen molar-refractivity contribution in [3.05, 3.63) is 56.1 Å². The lowest BCUT2D eigenvalue weighted by Gasteiger charge is -2.10. The molecule has 0 heterocycles. The molecule has 20 heavy (non-hydrogen) atoms. The second kappa shape index (κ2) is 7.08. The van der Waals surface area contributed by atoms with Crippen molar-refractivity contribution in [2.24, 2.45) is 0 Å². The molecule has 2 N–H and O–H groups in total. The Morgan fingerprint density at radius 2 is 1.95 bits per heavy atom. The standard InChI is InChI=1S/C15H14BrIN2O/c1-10-6-7-13(11(16)8-10)18-9-15(20)19-14-5-3-2-4-12(14)17/h2-8,18H,9H2,1H3,(H,19,20). The number of halogens is 2. The maximum Gasteiger partial charge on any atom is 0.243 e. The third kappa shape index (κ3) is 4.21. The SMILES string of the molecule is Cc1ccc(NCC(=O)Nc2ccccc2I)c(Br)c1. The van der Waals surface area contributed by atoms with Crippen molar-refractivity contribution < 1.29 is 4.79 Å². The van der Waals surface area contributed by atoms with Crippen LogP contribution in [0.4, 0.5) is 11.4 Å². The molecule has 0 aromatic heterocycles. The summed E-state index contributed by atoms with van der Waals surface area (Å²) in [5.74, 6) is -0.0680. The van der Waals surface area contributed by atoms with Gasteiger partial charge in [-0.05, 0) is 75.3 Å². The Balaban J connectivity index is 1.94. The lowest BCUT2D eigenvalue weighted by Crippen LogP contribution is -2.22. The highest BCUT2D eigenvalue weighted by molar-refractivity contribution is 14.1. The van der Waals surface area contributed by atoms with Crippen LogP contribution in [0.3, 0.4) is 0 Å². The molecule has 2 aromatic rings. The molecule has 0 saturated heterocycles. The van der Waals surface area contributed by atoms with Gasteiger partial charge in [0.2, 0.25) is 5.91 Å². The van der Waals surface area contributed by atoms with Crippen molar-refractivity contribution in [3.63, 3.8) is 0 Å². The normalized spacial score (nSPS) is 10.2. The zero-order valence-corrected chi connectivity index (χ0v) is 14.7. The van der Waals surface area contributed by atoms with Gasteiger partial charge in [0.15, 0.2) is 0 Å². The summed E-state index contributed by atoms with van der Waals surface area (Å²) in [5, 5.41) is 6.01. The Kier molecular flexibility index (Phi) is 5.42. The van der Waals surface area contributed by atoms with Crippen LogP contribution in [0.25, 0.3) is 0 Å². The Morgan fingerprint density at radius 3 is 2.65 bits per heavy atom. The van der Waals surface area contributed by atoms with Crippen LogP contribution in [0.15, 0.2) is 46.9 Å². The molecule has 0 atom stereocenters. The highest BCUT2D eigenvalue weighted by Gasteiger charge is 2.06. The van der Waals surface area contributed by atoms with E-state index in [9.17, 15) is 4.79 Å². The van der Waals surface area contributed by atoms with Gasteiger partial charge in [0.05, 0.1) is 12.2 Å². The summed E-state index contributed by atoms with van der Waals surface area (Å²) in [4.78, 5) is 11.9. The van der Waals surface area contributed by atoms with Gasteiger partial charge in [-0.3, -0.25) is 4.79 Å². The fraction of sp³-hybridized carbons (Fsp3) is 0.133. The number of para-hydroxylation sites is 1. The maximum absolute atomic E-state index is 11.9. The molecule has 3 nitrogen and oxygen atoms in total. The summed E-state index contributed by atoms with van der Waals surface area (Å²) in [5.41, 5.74) is 2.92. The van der Waals surface area contributed by atoms with Crippen LogP contribution >= 0.6 is 38.5 Å². The molecule has 5 heteroatoms. The fourth-order valence-electron chi connectivity index (χ4n) is 1.70. The molecule has 0 aliphatic carbocycles. The van der Waals surface area contributed by atoms with Crippen LogP contribution in [0.1, 0.15) is 5.56 Å². The molecule has 0 spiro atoms. The lowest BCUT2D eigenvalue weighted by atomic mass is 10.2. The van der Waals surface area contributed by atoms with Gasteiger partial charge in [0.25, 0.3) is 0 Å². The molecule has 0 saturated carbocycles. The first-order chi connectivity index (χ1) is 9.56. The van der Waals surface area contributed by atoms with Gasteiger partial charge in [0.1, 0.15) is 0 Å². The predicted molar refractivity (Wildman–Crippen MR) is 95.2 cm³/mol. The topological polar surface area (TPSA) is 41.1 Å². The predicted octanol–water partition coefficient (Wildman–Crippen LogP) is 4.41. The van der Waals surface area contributed by atoms with E-state index in [0.717, 1.165) is 19.4 Å². The number of amides is 1. The average Bonchev–Trinajstić information content (AvgIpc) is 2.40. The van der Waals surface area contributed by atoms with Gasteiger partial charge in [-0.25, -0.2) is 0 Å². The number of anilines is 2. The molecule has 0 fully saturated rings. The first-order valence-electron chi connectivity index (χ1n) is 6.10. The number of rotatable bonds is 4. The summed E-state index contributed by atoms with van der Waals surface area (Å²) in [6.07, 6.45) is 0. The lowest BCUT2D eigenvalue weighted by molar-refractivity contribution is -0.114. The Bertz CT molecular complexity index is 631. The van der Waals surface area contributed by atoms with Gasteiger partial charge < -0.3 is 10.6 Å². The molecule has 2 rings (SSSR count). The minimum Gasteiger partial charge on any atom is -0.375 e. The molecule has 0 radical (unpaired) electrons. The number of carbonyl (C=O) groups excluding carboxylic acids is 1. The van der Waals surface area contributed by atoms with Gasteiger partial charge in [-0.2, -0.15) is 0 Å². The second-order valence-corrected chi connectivity index (χ2v) is 6.38. The van der Waals surface area contributed by atoms with Crippen molar-refractivity contribution in [2.45, 2.75) is 6.92 Å². The largest absolute Gasteiger partial charge is 0.375 e. The van der Waals surface area contributed by atoms with Gasteiger partial charge >= 0.3 is 0 Å². The van der Waals surface area contributed by atoms with Crippen molar-refractivity contribution in [1.82, 2.24) is 0 Å². The number of hydrogen-bond donors (Lipinski definition) is 2. The quantitative estimate of drug-likeness (QED) is 0.685. The van der Waals surface area contributed by atoms with E-state index in [1.807, 2.05) is 49.4 Å². The van der Waals surface area contributed by atoms with Crippen molar-refractivity contribution in [3.8, 4) is 0 Å². The van der Waals surface area contributed by atoms with Crippen LogP contribution in [-0.2, 0) is 4.79 Å². The zero-order chi connectivity index (χ0) is 14.5. The monoisotopic (exact) mass is 444 g/mol. The third-order valence-electron chi connectivity index (χ3n) is 2.71. The molecule has 104 valence electrons. The van der Waals surface area contributed by atoms with Crippen LogP contribution in [0.5, 0.6) is 0 Å². The number of nitrogens with one attached hydrogen (secondary N) is 2. The average molecular weight is 445 g/mol. The Morgan fingerprint density at radius 1 is 1.20 bits per heavy atom. The molecule has 0 aliphatic heterocycles. The van der Waals surface area contributed by atoms with E-state index in [1.54, 1.807) is 0 Å². The van der Waals surface area contributed by atoms with E-state index in [1.165, 1.54) is 5.56 Å². The number of hydrogen-bond acceptors (Lipinski definition) is 2. The molecule has 0 bridgehead atoms. The first-order valence-corrected chi connectivity index (χ1v) is 7.98. The molecule has 0 unspecified atom stereocenters. The van der Waals surface area contributed by atoms with Gasteiger partial charge in [-0.15, -0.1) is 0 Å². The molecule has 0 aliphatic rings.